The maximum atomic E-state index is 14.1. The molecule has 0 saturated carbocycles. The lowest BCUT2D eigenvalue weighted by Gasteiger charge is -2.13. The van der Waals surface area contributed by atoms with Crippen LogP contribution in [-0.2, 0) is 16.6 Å². The minimum Gasteiger partial charge on any atom is -0.392 e. The summed E-state index contributed by atoms with van der Waals surface area (Å²) in [6, 6.07) is 1.28. The molecule has 0 aliphatic carbocycles. The summed E-state index contributed by atoms with van der Waals surface area (Å²) < 4.78 is 40.7. The minimum atomic E-state index is -4.21. The smallest absolute Gasteiger partial charge is 0.244 e. The van der Waals surface area contributed by atoms with E-state index in [4.69, 9.17) is 16.7 Å². The molecule has 1 aromatic heterocycles. The molecule has 2 aromatic rings. The molecule has 1 unspecified atom stereocenters. The first-order chi connectivity index (χ1) is 9.85. The van der Waals surface area contributed by atoms with Crippen molar-refractivity contribution in [1.82, 2.24) is 25.3 Å². The van der Waals surface area contributed by atoms with Crippen LogP contribution in [-0.4, -0.2) is 34.1 Å². The molecule has 2 rings (SSSR count). The van der Waals surface area contributed by atoms with Crippen LogP contribution in [0.4, 0.5) is 4.39 Å². The lowest BCUT2D eigenvalue weighted by atomic mass is 10.2. The van der Waals surface area contributed by atoms with Gasteiger partial charge in [-0.1, -0.05) is 16.8 Å². The second kappa shape index (κ2) is 6.02. The molecule has 0 aliphatic heterocycles. The number of nitrogens with one attached hydrogen (secondary N) is 2. The number of benzene rings is 1. The van der Waals surface area contributed by atoms with Crippen LogP contribution in [0.15, 0.2) is 17.0 Å². The summed E-state index contributed by atoms with van der Waals surface area (Å²) in [5.41, 5.74) is -0.213. The number of hydrogen-bond donors (Lipinski definition) is 3. The van der Waals surface area contributed by atoms with Crippen LogP contribution >= 0.6 is 11.6 Å². The lowest BCUT2D eigenvalue weighted by Crippen LogP contribution is -2.28. The summed E-state index contributed by atoms with van der Waals surface area (Å²) in [5, 5.41) is 21.8. The van der Waals surface area contributed by atoms with Crippen molar-refractivity contribution in [2.75, 3.05) is 0 Å². The van der Waals surface area contributed by atoms with E-state index in [1.165, 1.54) is 6.92 Å². The topological polar surface area (TPSA) is 121 Å². The molecule has 1 atom stereocenters. The summed E-state index contributed by atoms with van der Waals surface area (Å²) in [5.74, 6) is -0.960. The predicted octanol–water partition coefficient (Wildman–Crippen LogP) is 0.524. The van der Waals surface area contributed by atoms with Gasteiger partial charge in [0.05, 0.1) is 12.6 Å². The van der Waals surface area contributed by atoms with E-state index in [2.05, 4.69) is 25.3 Å². The highest BCUT2D eigenvalue weighted by Crippen LogP contribution is 2.24. The second-order valence-corrected chi connectivity index (χ2v) is 6.27. The molecule has 3 N–H and O–H groups in total. The fourth-order valence-corrected chi connectivity index (χ4v) is 3.28. The number of aliphatic hydroxyl groups is 1. The number of tetrazole rings is 1. The fraction of sp³-hybridized carbons (Fsp3) is 0.300. The Morgan fingerprint density at radius 3 is 2.81 bits per heavy atom. The van der Waals surface area contributed by atoms with Gasteiger partial charge in [-0.15, -0.1) is 10.2 Å². The molecule has 1 heterocycles. The molecule has 0 amide bonds. The first-order valence-corrected chi connectivity index (χ1v) is 7.55. The van der Waals surface area contributed by atoms with Crippen LogP contribution in [0.25, 0.3) is 0 Å². The van der Waals surface area contributed by atoms with E-state index in [0.29, 0.717) is 0 Å². The highest BCUT2D eigenvalue weighted by atomic mass is 35.5. The summed E-state index contributed by atoms with van der Waals surface area (Å²) in [4.78, 5) is -0.658. The van der Waals surface area contributed by atoms with E-state index in [9.17, 15) is 12.8 Å². The van der Waals surface area contributed by atoms with Crippen LogP contribution in [0.1, 0.15) is 24.4 Å². The van der Waals surface area contributed by atoms with Crippen molar-refractivity contribution in [2.45, 2.75) is 24.5 Å². The molecule has 0 aliphatic rings. The van der Waals surface area contributed by atoms with Gasteiger partial charge in [0.1, 0.15) is 10.7 Å². The maximum absolute atomic E-state index is 14.1. The molecule has 0 radical (unpaired) electrons. The average molecular weight is 336 g/mol. The number of rotatable bonds is 5. The predicted molar refractivity (Wildman–Crippen MR) is 70.2 cm³/mol. The largest absolute Gasteiger partial charge is 0.392 e. The normalized spacial score (nSPS) is 13.3. The quantitative estimate of drug-likeness (QED) is 0.732. The SMILES string of the molecule is CC(NS(=O)(=O)c1cc(Cl)cc(CO)c1F)c1nn[nH]n1. The molecular weight excluding hydrogens is 325 g/mol. The van der Waals surface area contributed by atoms with Crippen LogP contribution in [0.3, 0.4) is 0 Å². The zero-order chi connectivity index (χ0) is 15.6. The number of aliphatic hydroxyl groups excluding tert-OH is 1. The molecule has 1 aromatic carbocycles. The Morgan fingerprint density at radius 2 is 2.24 bits per heavy atom. The number of hydrogen-bond acceptors (Lipinski definition) is 6. The van der Waals surface area contributed by atoms with E-state index >= 15 is 0 Å². The minimum absolute atomic E-state index is 0.00645. The van der Waals surface area contributed by atoms with E-state index in [0.717, 1.165) is 12.1 Å². The molecule has 21 heavy (non-hydrogen) atoms. The number of sulfonamides is 1. The zero-order valence-electron chi connectivity index (χ0n) is 10.7. The van der Waals surface area contributed by atoms with Crippen molar-refractivity contribution in [3.05, 3.63) is 34.4 Å². The number of aromatic amines is 1. The highest BCUT2D eigenvalue weighted by molar-refractivity contribution is 7.89. The van der Waals surface area contributed by atoms with Crippen molar-refractivity contribution in [3.63, 3.8) is 0 Å². The Balaban J connectivity index is 2.38. The summed E-state index contributed by atoms with van der Waals surface area (Å²) in [6.45, 7) is 0.799. The number of nitrogens with zero attached hydrogens (tertiary/aromatic N) is 3. The van der Waals surface area contributed by atoms with Gasteiger partial charge in [0.25, 0.3) is 0 Å². The van der Waals surface area contributed by atoms with Gasteiger partial charge in [-0.3, -0.25) is 0 Å². The molecule has 0 saturated heterocycles. The van der Waals surface area contributed by atoms with Crippen molar-refractivity contribution >= 4 is 21.6 Å². The lowest BCUT2D eigenvalue weighted by molar-refractivity contribution is 0.274. The Morgan fingerprint density at radius 1 is 1.52 bits per heavy atom. The third-order valence-corrected chi connectivity index (χ3v) is 4.38. The van der Waals surface area contributed by atoms with Gasteiger partial charge < -0.3 is 5.11 Å². The fourth-order valence-electron chi connectivity index (χ4n) is 1.63. The number of aromatic nitrogens is 4. The van der Waals surface area contributed by atoms with Crippen LogP contribution < -0.4 is 4.72 Å². The number of halogens is 2. The van der Waals surface area contributed by atoms with Gasteiger partial charge in [0, 0.05) is 10.6 Å². The summed E-state index contributed by atoms with van der Waals surface area (Å²) in [7, 11) is -4.21. The third kappa shape index (κ3) is 3.35. The van der Waals surface area contributed by atoms with Gasteiger partial charge in [0.15, 0.2) is 5.82 Å². The van der Waals surface area contributed by atoms with Crippen LogP contribution in [0.2, 0.25) is 5.02 Å². The Bertz CT molecular complexity index is 737. The van der Waals surface area contributed by atoms with Gasteiger partial charge in [-0.2, -0.15) is 5.21 Å². The first kappa shape index (κ1) is 15.8. The van der Waals surface area contributed by atoms with Crippen molar-refractivity contribution in [2.24, 2.45) is 0 Å². The zero-order valence-corrected chi connectivity index (χ0v) is 12.3. The van der Waals surface area contributed by atoms with E-state index < -0.39 is 33.4 Å². The maximum Gasteiger partial charge on any atom is 0.244 e. The molecule has 11 heteroatoms. The van der Waals surface area contributed by atoms with E-state index in [-0.39, 0.29) is 16.4 Å². The highest BCUT2D eigenvalue weighted by Gasteiger charge is 2.25. The number of H-pyrrole nitrogens is 1. The van der Waals surface area contributed by atoms with Crippen LogP contribution in [0.5, 0.6) is 0 Å². The van der Waals surface area contributed by atoms with Crippen molar-refractivity contribution < 1.29 is 17.9 Å². The molecular formula is C10H11ClFN5O3S. The van der Waals surface area contributed by atoms with Crippen LogP contribution in [0, 0.1) is 5.82 Å². The third-order valence-electron chi connectivity index (χ3n) is 2.62. The summed E-state index contributed by atoms with van der Waals surface area (Å²) >= 11 is 5.73. The van der Waals surface area contributed by atoms with E-state index in [1.807, 2.05) is 0 Å². The van der Waals surface area contributed by atoms with E-state index in [1.54, 1.807) is 0 Å². The summed E-state index contributed by atoms with van der Waals surface area (Å²) in [6.07, 6.45) is 0. The first-order valence-electron chi connectivity index (χ1n) is 5.69. The van der Waals surface area contributed by atoms with Gasteiger partial charge in [-0.05, 0) is 19.1 Å². The molecule has 114 valence electrons. The monoisotopic (exact) mass is 335 g/mol. The Kier molecular flexibility index (Phi) is 4.52. The Hall–Kier alpha value is -1.62. The van der Waals surface area contributed by atoms with Gasteiger partial charge in [0.2, 0.25) is 10.0 Å². The molecule has 0 bridgehead atoms. The molecule has 8 nitrogen and oxygen atoms in total. The molecule has 0 spiro atoms. The van der Waals surface area contributed by atoms with Crippen molar-refractivity contribution in [3.8, 4) is 0 Å². The van der Waals surface area contributed by atoms with Gasteiger partial charge >= 0.3 is 0 Å². The second-order valence-electron chi connectivity index (χ2n) is 4.15. The van der Waals surface area contributed by atoms with Crippen molar-refractivity contribution in [1.29, 1.82) is 0 Å². The molecule has 0 fully saturated rings. The Labute approximate surface area is 124 Å². The van der Waals surface area contributed by atoms with Gasteiger partial charge in [-0.25, -0.2) is 17.5 Å². The average Bonchev–Trinajstić information content (AvgIpc) is 2.94. The standard InChI is InChI=1S/C10H11ClFN5O3S/c1-5(10-13-16-17-14-10)15-21(19,20)8-3-7(11)2-6(4-18)9(8)12/h2-3,5,15,18H,4H2,1H3,(H,13,14,16,17).